The lowest BCUT2D eigenvalue weighted by Crippen LogP contribution is -2.47. The molecular formula is C12H21NO2S. The zero-order valence-corrected chi connectivity index (χ0v) is 10.7. The molecular weight excluding hydrogens is 222 g/mol. The first-order valence-electron chi connectivity index (χ1n) is 6.27. The highest BCUT2D eigenvalue weighted by Gasteiger charge is 2.32. The molecule has 0 bridgehead atoms. The molecule has 2 rings (SSSR count). The Hall–Kier alpha value is -0.220. The van der Waals surface area contributed by atoms with E-state index in [0.717, 1.165) is 31.2 Å². The van der Waals surface area contributed by atoms with Gasteiger partial charge in [0, 0.05) is 11.3 Å². The summed E-state index contributed by atoms with van der Waals surface area (Å²) in [5.41, 5.74) is 0. The SMILES string of the molecule is CC1SCCCC1N1CCC(C(=O)O)CC1. The minimum atomic E-state index is -0.606. The van der Waals surface area contributed by atoms with Crippen LogP contribution in [0.3, 0.4) is 0 Å². The average Bonchev–Trinajstić information content (AvgIpc) is 2.30. The zero-order chi connectivity index (χ0) is 11.5. The first-order valence-corrected chi connectivity index (χ1v) is 7.32. The number of carboxylic acids is 1. The highest BCUT2D eigenvalue weighted by atomic mass is 32.2. The number of rotatable bonds is 2. The summed E-state index contributed by atoms with van der Waals surface area (Å²) in [5, 5.41) is 9.68. The summed E-state index contributed by atoms with van der Waals surface area (Å²) in [7, 11) is 0. The van der Waals surface area contributed by atoms with Gasteiger partial charge in [0.1, 0.15) is 0 Å². The molecule has 2 atom stereocenters. The molecule has 0 aliphatic carbocycles. The Morgan fingerprint density at radius 2 is 2.00 bits per heavy atom. The standard InChI is InChI=1S/C12H21NO2S/c1-9-11(3-2-8-16-9)13-6-4-10(5-7-13)12(14)15/h9-11H,2-8H2,1H3,(H,14,15). The van der Waals surface area contributed by atoms with Crippen LogP contribution in [0.2, 0.25) is 0 Å². The number of thioether (sulfide) groups is 1. The van der Waals surface area contributed by atoms with Crippen molar-refractivity contribution in [1.82, 2.24) is 4.90 Å². The fraction of sp³-hybridized carbons (Fsp3) is 0.917. The highest BCUT2D eigenvalue weighted by Crippen LogP contribution is 2.31. The molecule has 4 heteroatoms. The molecule has 0 aromatic rings. The molecule has 2 aliphatic heterocycles. The predicted octanol–water partition coefficient (Wildman–Crippen LogP) is 2.07. The van der Waals surface area contributed by atoms with Crippen molar-refractivity contribution in [3.8, 4) is 0 Å². The summed E-state index contributed by atoms with van der Waals surface area (Å²) in [5.74, 6) is 0.594. The number of carboxylic acid groups (broad SMARTS) is 1. The molecule has 2 aliphatic rings. The van der Waals surface area contributed by atoms with Gasteiger partial charge in [0.25, 0.3) is 0 Å². The number of likely N-dealkylation sites (tertiary alicyclic amines) is 1. The van der Waals surface area contributed by atoms with E-state index in [1.54, 1.807) is 0 Å². The first-order chi connectivity index (χ1) is 7.68. The van der Waals surface area contributed by atoms with Crippen molar-refractivity contribution < 1.29 is 9.90 Å². The maximum absolute atomic E-state index is 10.9. The number of carbonyl (C=O) groups is 1. The summed E-state index contributed by atoms with van der Waals surface area (Å²) >= 11 is 2.07. The lowest BCUT2D eigenvalue weighted by atomic mass is 9.94. The first kappa shape index (κ1) is 12.2. The lowest BCUT2D eigenvalue weighted by molar-refractivity contribution is -0.143. The molecule has 16 heavy (non-hydrogen) atoms. The quantitative estimate of drug-likeness (QED) is 0.806. The van der Waals surface area contributed by atoms with Gasteiger partial charge in [-0.2, -0.15) is 11.8 Å². The van der Waals surface area contributed by atoms with Crippen LogP contribution in [-0.2, 0) is 4.79 Å². The molecule has 2 heterocycles. The summed E-state index contributed by atoms with van der Waals surface area (Å²) in [4.78, 5) is 13.4. The summed E-state index contributed by atoms with van der Waals surface area (Å²) < 4.78 is 0. The normalized spacial score (nSPS) is 33.8. The van der Waals surface area contributed by atoms with Gasteiger partial charge in [-0.1, -0.05) is 6.92 Å². The van der Waals surface area contributed by atoms with E-state index in [-0.39, 0.29) is 5.92 Å². The van der Waals surface area contributed by atoms with Crippen LogP contribution >= 0.6 is 11.8 Å². The van der Waals surface area contributed by atoms with E-state index in [0.29, 0.717) is 6.04 Å². The summed E-state index contributed by atoms with van der Waals surface area (Å²) in [6.45, 7) is 4.27. The molecule has 92 valence electrons. The van der Waals surface area contributed by atoms with Gasteiger partial charge in [0.15, 0.2) is 0 Å². The van der Waals surface area contributed by atoms with Crippen LogP contribution < -0.4 is 0 Å². The number of aliphatic carboxylic acids is 1. The van der Waals surface area contributed by atoms with Gasteiger partial charge in [0.05, 0.1) is 5.92 Å². The van der Waals surface area contributed by atoms with Crippen LogP contribution in [0.4, 0.5) is 0 Å². The van der Waals surface area contributed by atoms with Crippen molar-refractivity contribution >= 4 is 17.7 Å². The van der Waals surface area contributed by atoms with Gasteiger partial charge in [0.2, 0.25) is 0 Å². The van der Waals surface area contributed by atoms with Crippen LogP contribution in [-0.4, -0.2) is 46.1 Å². The van der Waals surface area contributed by atoms with E-state index >= 15 is 0 Å². The second-order valence-corrected chi connectivity index (χ2v) is 6.42. The third-order valence-corrected chi connectivity index (χ3v) is 5.28. The van der Waals surface area contributed by atoms with Crippen LogP contribution in [0.15, 0.2) is 0 Å². The molecule has 3 nitrogen and oxygen atoms in total. The van der Waals surface area contributed by atoms with Crippen LogP contribution in [0, 0.1) is 5.92 Å². The number of hydrogen-bond donors (Lipinski definition) is 1. The third-order valence-electron chi connectivity index (χ3n) is 3.91. The Bertz CT molecular complexity index is 251. The third kappa shape index (κ3) is 2.72. The Kier molecular flexibility index (Phi) is 4.14. The van der Waals surface area contributed by atoms with Gasteiger partial charge < -0.3 is 5.11 Å². The maximum Gasteiger partial charge on any atom is 0.306 e. The largest absolute Gasteiger partial charge is 0.481 e. The van der Waals surface area contributed by atoms with E-state index in [2.05, 4.69) is 23.6 Å². The number of hydrogen-bond acceptors (Lipinski definition) is 3. The molecule has 2 unspecified atom stereocenters. The maximum atomic E-state index is 10.9. The van der Waals surface area contributed by atoms with Crippen molar-refractivity contribution in [3.63, 3.8) is 0 Å². The van der Waals surface area contributed by atoms with Crippen molar-refractivity contribution in [2.45, 2.75) is 43.9 Å². The molecule has 0 amide bonds. The highest BCUT2D eigenvalue weighted by molar-refractivity contribution is 7.99. The van der Waals surface area contributed by atoms with Gasteiger partial charge >= 0.3 is 5.97 Å². The molecule has 0 spiro atoms. The topological polar surface area (TPSA) is 40.5 Å². The minimum absolute atomic E-state index is 0.0946. The van der Waals surface area contributed by atoms with E-state index in [1.807, 2.05) is 0 Å². The Morgan fingerprint density at radius 1 is 1.31 bits per heavy atom. The van der Waals surface area contributed by atoms with Gasteiger partial charge in [-0.05, 0) is 44.5 Å². The average molecular weight is 243 g/mol. The van der Waals surface area contributed by atoms with Crippen molar-refractivity contribution in [2.24, 2.45) is 5.92 Å². The monoisotopic (exact) mass is 243 g/mol. The second-order valence-electron chi connectivity index (χ2n) is 4.93. The van der Waals surface area contributed by atoms with E-state index in [9.17, 15) is 4.79 Å². The molecule has 2 saturated heterocycles. The molecule has 0 aromatic carbocycles. The van der Waals surface area contributed by atoms with E-state index in [1.165, 1.54) is 18.6 Å². The van der Waals surface area contributed by atoms with Gasteiger partial charge in [-0.25, -0.2) is 0 Å². The van der Waals surface area contributed by atoms with Crippen molar-refractivity contribution in [3.05, 3.63) is 0 Å². The predicted molar refractivity (Wildman–Crippen MR) is 66.9 cm³/mol. The van der Waals surface area contributed by atoms with E-state index in [4.69, 9.17) is 5.11 Å². The molecule has 1 N–H and O–H groups in total. The lowest BCUT2D eigenvalue weighted by Gasteiger charge is -2.41. The van der Waals surface area contributed by atoms with Crippen molar-refractivity contribution in [1.29, 1.82) is 0 Å². The van der Waals surface area contributed by atoms with Crippen LogP contribution in [0.25, 0.3) is 0 Å². The molecule has 0 radical (unpaired) electrons. The second kappa shape index (κ2) is 5.41. The zero-order valence-electron chi connectivity index (χ0n) is 9.89. The van der Waals surface area contributed by atoms with E-state index < -0.39 is 5.97 Å². The van der Waals surface area contributed by atoms with Crippen molar-refractivity contribution in [2.75, 3.05) is 18.8 Å². The Balaban J connectivity index is 1.85. The molecule has 0 aromatic heterocycles. The summed E-state index contributed by atoms with van der Waals surface area (Å²) in [6.07, 6.45) is 4.29. The van der Waals surface area contributed by atoms with Crippen LogP contribution in [0.5, 0.6) is 0 Å². The number of nitrogens with zero attached hydrogens (tertiary/aromatic N) is 1. The Morgan fingerprint density at radius 3 is 2.56 bits per heavy atom. The fourth-order valence-corrected chi connectivity index (χ4v) is 4.10. The number of piperidine rings is 1. The van der Waals surface area contributed by atoms with Gasteiger partial charge in [-0.15, -0.1) is 0 Å². The Labute approximate surface area is 102 Å². The van der Waals surface area contributed by atoms with Gasteiger partial charge in [-0.3, -0.25) is 9.69 Å². The molecule has 0 saturated carbocycles. The minimum Gasteiger partial charge on any atom is -0.481 e. The summed E-state index contributed by atoms with van der Waals surface area (Å²) in [6, 6.07) is 0.688. The van der Waals surface area contributed by atoms with Crippen LogP contribution in [0.1, 0.15) is 32.6 Å². The molecule has 2 fully saturated rings. The smallest absolute Gasteiger partial charge is 0.306 e. The fourth-order valence-electron chi connectivity index (χ4n) is 2.86.